The molecule has 2 atom stereocenters. The predicted octanol–water partition coefficient (Wildman–Crippen LogP) is 1.63. The molecular weight excluding hydrogens is 268 g/mol. The summed E-state index contributed by atoms with van der Waals surface area (Å²) in [5.74, 6) is 0.470. The Labute approximate surface area is 125 Å². The molecule has 0 saturated carbocycles. The number of piperidine rings is 1. The molecule has 1 saturated heterocycles. The monoisotopic (exact) mass is 292 g/mol. The van der Waals surface area contributed by atoms with Crippen molar-refractivity contribution < 1.29 is 9.90 Å². The highest BCUT2D eigenvalue weighted by Crippen LogP contribution is 2.32. The Hall–Kier alpha value is -1.62. The number of amides is 1. The van der Waals surface area contributed by atoms with E-state index in [1.807, 2.05) is 6.92 Å². The van der Waals surface area contributed by atoms with E-state index >= 15 is 0 Å². The Morgan fingerprint density at radius 2 is 2.24 bits per heavy atom. The normalized spacial score (nSPS) is 26.1. The molecule has 0 spiro atoms. The lowest BCUT2D eigenvalue weighted by Crippen LogP contribution is -2.52. The second kappa shape index (κ2) is 6.02. The van der Waals surface area contributed by atoms with Crippen molar-refractivity contribution in [2.45, 2.75) is 39.2 Å². The van der Waals surface area contributed by atoms with Crippen LogP contribution in [0.4, 0.5) is 0 Å². The average Bonchev–Trinajstić information content (AvgIpc) is 2.41. The fourth-order valence-electron chi connectivity index (χ4n) is 2.93. The van der Waals surface area contributed by atoms with E-state index in [1.165, 1.54) is 12.3 Å². The van der Waals surface area contributed by atoms with E-state index in [0.29, 0.717) is 31.0 Å². The summed E-state index contributed by atoms with van der Waals surface area (Å²) in [6.07, 6.45) is 2.93. The van der Waals surface area contributed by atoms with Crippen LogP contribution in [0.15, 0.2) is 23.1 Å². The molecule has 21 heavy (non-hydrogen) atoms. The molecular formula is C16H24N2O3. The Morgan fingerprint density at radius 1 is 1.52 bits per heavy atom. The predicted molar refractivity (Wildman–Crippen MR) is 81.2 cm³/mol. The van der Waals surface area contributed by atoms with Gasteiger partial charge in [0.2, 0.25) is 5.56 Å². The number of carbonyl (C=O) groups excluding carboxylic acids is 1. The van der Waals surface area contributed by atoms with E-state index in [0.717, 1.165) is 6.42 Å². The fourth-order valence-corrected chi connectivity index (χ4v) is 2.93. The molecule has 2 rings (SSSR count). The van der Waals surface area contributed by atoms with Gasteiger partial charge in [-0.2, -0.15) is 0 Å². The molecule has 0 bridgehead atoms. The Morgan fingerprint density at radius 3 is 2.81 bits per heavy atom. The molecule has 0 aliphatic carbocycles. The summed E-state index contributed by atoms with van der Waals surface area (Å²) >= 11 is 0. The van der Waals surface area contributed by atoms with E-state index in [-0.39, 0.29) is 17.4 Å². The van der Waals surface area contributed by atoms with E-state index in [2.05, 4.69) is 18.8 Å². The number of hydrogen-bond acceptors (Lipinski definition) is 3. The number of rotatable bonds is 3. The van der Waals surface area contributed by atoms with Crippen molar-refractivity contribution in [1.82, 2.24) is 9.88 Å². The molecule has 2 N–H and O–H groups in total. The smallest absolute Gasteiger partial charge is 0.255 e. The molecule has 0 radical (unpaired) electrons. The van der Waals surface area contributed by atoms with Gasteiger partial charge in [-0.3, -0.25) is 9.59 Å². The SMILES string of the molecule is CC(C)C[C@H]1CN(C(=O)c2ccc(=O)[nH]c2)CC[C@@]1(C)O. The van der Waals surface area contributed by atoms with Crippen molar-refractivity contribution in [3.63, 3.8) is 0 Å². The zero-order valence-electron chi connectivity index (χ0n) is 12.9. The zero-order valence-corrected chi connectivity index (χ0v) is 12.9. The highest BCUT2D eigenvalue weighted by atomic mass is 16.3. The molecule has 1 amide bonds. The van der Waals surface area contributed by atoms with Gasteiger partial charge in [0.1, 0.15) is 0 Å². The summed E-state index contributed by atoms with van der Waals surface area (Å²) < 4.78 is 0. The van der Waals surface area contributed by atoms with Crippen molar-refractivity contribution in [3.8, 4) is 0 Å². The minimum atomic E-state index is -0.716. The number of aromatic amines is 1. The number of nitrogens with zero attached hydrogens (tertiary/aromatic N) is 1. The van der Waals surface area contributed by atoms with E-state index in [1.54, 1.807) is 11.0 Å². The molecule has 1 fully saturated rings. The molecule has 1 aromatic rings. The third kappa shape index (κ3) is 3.73. The van der Waals surface area contributed by atoms with Crippen LogP contribution in [-0.4, -0.2) is 39.6 Å². The van der Waals surface area contributed by atoms with Gasteiger partial charge in [-0.1, -0.05) is 13.8 Å². The maximum absolute atomic E-state index is 12.5. The Bertz CT molecular complexity index is 542. The summed E-state index contributed by atoms with van der Waals surface area (Å²) in [4.78, 5) is 27.8. The van der Waals surface area contributed by atoms with E-state index in [4.69, 9.17) is 0 Å². The largest absolute Gasteiger partial charge is 0.390 e. The minimum absolute atomic E-state index is 0.0814. The van der Waals surface area contributed by atoms with Crippen LogP contribution in [-0.2, 0) is 0 Å². The van der Waals surface area contributed by atoms with Crippen molar-refractivity contribution in [1.29, 1.82) is 0 Å². The van der Waals surface area contributed by atoms with Gasteiger partial charge in [0, 0.05) is 31.3 Å². The lowest BCUT2D eigenvalue weighted by atomic mass is 9.78. The first-order valence-electron chi connectivity index (χ1n) is 7.50. The number of hydrogen-bond donors (Lipinski definition) is 2. The first-order valence-corrected chi connectivity index (χ1v) is 7.50. The van der Waals surface area contributed by atoms with Crippen molar-refractivity contribution >= 4 is 5.91 Å². The first-order chi connectivity index (χ1) is 9.79. The maximum Gasteiger partial charge on any atom is 0.255 e. The van der Waals surface area contributed by atoms with E-state index < -0.39 is 5.60 Å². The second-order valence-electron chi connectivity index (χ2n) is 6.63. The third-order valence-electron chi connectivity index (χ3n) is 4.28. The molecule has 1 aliphatic heterocycles. The van der Waals surface area contributed by atoms with Crippen LogP contribution in [0.5, 0.6) is 0 Å². The number of aromatic nitrogens is 1. The second-order valence-corrected chi connectivity index (χ2v) is 6.63. The molecule has 0 aromatic carbocycles. The number of carbonyl (C=O) groups is 1. The lowest BCUT2D eigenvalue weighted by molar-refractivity contribution is -0.0577. The summed E-state index contributed by atoms with van der Waals surface area (Å²) in [6.45, 7) is 7.21. The molecule has 2 heterocycles. The van der Waals surface area contributed by atoms with Crippen LogP contribution in [0.3, 0.4) is 0 Å². The molecule has 5 nitrogen and oxygen atoms in total. The van der Waals surface area contributed by atoms with Crippen LogP contribution >= 0.6 is 0 Å². The molecule has 1 aromatic heterocycles. The molecule has 0 unspecified atom stereocenters. The van der Waals surface area contributed by atoms with Gasteiger partial charge in [-0.25, -0.2) is 0 Å². The topological polar surface area (TPSA) is 73.4 Å². The summed E-state index contributed by atoms with van der Waals surface area (Å²) in [5.41, 5.74) is -0.447. The van der Waals surface area contributed by atoms with Gasteiger partial charge < -0.3 is 15.0 Å². The zero-order chi connectivity index (χ0) is 15.6. The summed E-state index contributed by atoms with van der Waals surface area (Å²) in [5, 5.41) is 10.5. The first kappa shape index (κ1) is 15.8. The molecule has 116 valence electrons. The van der Waals surface area contributed by atoms with Crippen molar-refractivity contribution in [2.24, 2.45) is 11.8 Å². The average molecular weight is 292 g/mol. The summed E-state index contributed by atoms with van der Waals surface area (Å²) in [6, 6.07) is 2.91. The van der Waals surface area contributed by atoms with Crippen LogP contribution in [0, 0.1) is 11.8 Å². The minimum Gasteiger partial charge on any atom is -0.390 e. The van der Waals surface area contributed by atoms with Gasteiger partial charge >= 0.3 is 0 Å². The fraction of sp³-hybridized carbons (Fsp3) is 0.625. The summed E-state index contributed by atoms with van der Waals surface area (Å²) in [7, 11) is 0. The maximum atomic E-state index is 12.5. The quantitative estimate of drug-likeness (QED) is 0.889. The van der Waals surface area contributed by atoms with Gasteiger partial charge in [0.05, 0.1) is 11.2 Å². The Kier molecular flexibility index (Phi) is 4.52. The van der Waals surface area contributed by atoms with Crippen LogP contribution < -0.4 is 5.56 Å². The van der Waals surface area contributed by atoms with Crippen LogP contribution in [0.25, 0.3) is 0 Å². The highest BCUT2D eigenvalue weighted by Gasteiger charge is 2.39. The molecule has 1 aliphatic rings. The lowest BCUT2D eigenvalue weighted by Gasteiger charge is -2.43. The number of nitrogens with one attached hydrogen (secondary N) is 1. The number of pyridine rings is 1. The Balaban J connectivity index is 2.12. The van der Waals surface area contributed by atoms with Gasteiger partial charge in [0.15, 0.2) is 0 Å². The number of likely N-dealkylation sites (tertiary alicyclic amines) is 1. The van der Waals surface area contributed by atoms with Crippen LogP contribution in [0.1, 0.15) is 44.0 Å². The van der Waals surface area contributed by atoms with Crippen LogP contribution in [0.2, 0.25) is 0 Å². The molecule has 5 heteroatoms. The van der Waals surface area contributed by atoms with Crippen molar-refractivity contribution in [3.05, 3.63) is 34.2 Å². The number of aliphatic hydroxyl groups is 1. The number of H-pyrrole nitrogens is 1. The van der Waals surface area contributed by atoms with Gasteiger partial charge in [-0.05, 0) is 31.7 Å². The standard InChI is InChI=1S/C16H24N2O3/c1-11(2)8-13-10-18(7-6-16(13,3)21)15(20)12-4-5-14(19)17-9-12/h4-5,9,11,13,21H,6-8,10H2,1-3H3,(H,17,19)/t13-,16+/m0/s1. The third-order valence-corrected chi connectivity index (χ3v) is 4.28. The van der Waals surface area contributed by atoms with E-state index in [9.17, 15) is 14.7 Å². The van der Waals surface area contributed by atoms with Crippen molar-refractivity contribution in [2.75, 3.05) is 13.1 Å². The highest BCUT2D eigenvalue weighted by molar-refractivity contribution is 5.93. The van der Waals surface area contributed by atoms with Gasteiger partial charge in [-0.15, -0.1) is 0 Å². The van der Waals surface area contributed by atoms with Gasteiger partial charge in [0.25, 0.3) is 5.91 Å².